The summed E-state index contributed by atoms with van der Waals surface area (Å²) in [6, 6.07) is 10.9. The number of nitrogens with one attached hydrogen (secondary N) is 1. The van der Waals surface area contributed by atoms with E-state index in [9.17, 15) is 19.2 Å². The van der Waals surface area contributed by atoms with E-state index in [-0.39, 0.29) is 43.0 Å². The average Bonchev–Trinajstić information content (AvgIpc) is 3.74. The highest BCUT2D eigenvalue weighted by Crippen LogP contribution is 2.48. The highest BCUT2D eigenvalue weighted by molar-refractivity contribution is 6.22. The first-order valence-corrected chi connectivity index (χ1v) is 17.4. The number of imide groups is 1. The number of aromatic nitrogens is 4. The number of aryl methyl sites for hydroxylation is 2. The zero-order valence-electron chi connectivity index (χ0n) is 29.9. The quantitative estimate of drug-likeness (QED) is 0.184. The number of ether oxygens (including phenoxy) is 2. The number of anilines is 2. The Hall–Kier alpha value is -5.28. The summed E-state index contributed by atoms with van der Waals surface area (Å²) in [5.41, 5.74) is 3.40. The second-order valence-corrected chi connectivity index (χ2v) is 14.1. The molecule has 272 valence electrons. The molecule has 4 aliphatic heterocycles. The van der Waals surface area contributed by atoms with Crippen molar-refractivity contribution in [2.75, 3.05) is 29.4 Å². The molecule has 0 saturated carbocycles. The molecule has 3 fully saturated rings. The van der Waals surface area contributed by atoms with E-state index < -0.39 is 23.3 Å². The number of benzene rings is 2. The van der Waals surface area contributed by atoms with Crippen LogP contribution in [-0.2, 0) is 30.3 Å². The Labute approximate surface area is 300 Å². The Bertz CT molecular complexity index is 2010. The molecule has 4 aromatic rings. The van der Waals surface area contributed by atoms with E-state index in [4.69, 9.17) is 18.5 Å². The van der Waals surface area contributed by atoms with Crippen molar-refractivity contribution in [3.63, 3.8) is 0 Å². The number of carbonyl (C=O) groups excluding carboxylic acids is 4. The molecule has 6 atom stereocenters. The van der Waals surface area contributed by atoms with Crippen LogP contribution in [0.25, 0.3) is 22.9 Å². The van der Waals surface area contributed by atoms with Gasteiger partial charge < -0.3 is 28.3 Å². The van der Waals surface area contributed by atoms with E-state index in [1.165, 1.54) is 0 Å². The van der Waals surface area contributed by atoms with Gasteiger partial charge in [0, 0.05) is 47.7 Å². The number of amides is 2. The number of rotatable bonds is 4. The third kappa shape index (κ3) is 6.38. The molecule has 2 unspecified atom stereocenters. The maximum absolute atomic E-state index is 13.2. The lowest BCUT2D eigenvalue weighted by atomic mass is 9.63. The maximum Gasteiger partial charge on any atom is 0.257 e. The summed E-state index contributed by atoms with van der Waals surface area (Å²) in [6.45, 7) is 13.5. The molecule has 2 aromatic carbocycles. The van der Waals surface area contributed by atoms with Gasteiger partial charge in [-0.3, -0.25) is 24.5 Å². The fraction of sp³-hybridized carbons (Fsp3) is 0.459. The highest BCUT2D eigenvalue weighted by Gasteiger charge is 2.62. The topological polar surface area (TPSA) is 183 Å². The van der Waals surface area contributed by atoms with Gasteiger partial charge in [-0.15, -0.1) is 0 Å². The number of piperidine rings is 1. The Morgan fingerprint density at radius 2 is 1.40 bits per heavy atom. The predicted molar refractivity (Wildman–Crippen MR) is 187 cm³/mol. The Balaban J connectivity index is 0.000000170. The molecule has 15 nitrogen and oxygen atoms in total. The van der Waals surface area contributed by atoms with Crippen LogP contribution in [0.2, 0.25) is 0 Å². The number of hydrogen-bond donors (Lipinski definition) is 1. The fourth-order valence-electron chi connectivity index (χ4n) is 8.05. The molecule has 2 aromatic heterocycles. The second-order valence-electron chi connectivity index (χ2n) is 14.1. The number of ketones is 1. The predicted octanol–water partition coefficient (Wildman–Crippen LogP) is 3.66. The van der Waals surface area contributed by atoms with Crippen molar-refractivity contribution >= 4 is 35.3 Å². The van der Waals surface area contributed by atoms with Crippen LogP contribution in [0.1, 0.15) is 61.7 Å². The number of fused-ring (bicyclic) bond motifs is 4. The summed E-state index contributed by atoms with van der Waals surface area (Å²) in [5.74, 6) is 0.439. The van der Waals surface area contributed by atoms with E-state index >= 15 is 0 Å². The minimum absolute atomic E-state index is 0.0686. The lowest BCUT2D eigenvalue weighted by molar-refractivity contribution is -0.158. The third-order valence-corrected chi connectivity index (χ3v) is 9.98. The number of Topliss-reactive ketones (excluding diaryl/α,β-unsaturated/α-hetero) is 1. The molecule has 0 aliphatic carbocycles. The lowest BCUT2D eigenvalue weighted by Crippen LogP contribution is -2.72. The van der Waals surface area contributed by atoms with Gasteiger partial charge in [0.25, 0.3) is 11.8 Å². The van der Waals surface area contributed by atoms with Crippen molar-refractivity contribution in [3.05, 3.63) is 59.2 Å². The lowest BCUT2D eigenvalue weighted by Gasteiger charge is -2.55. The molecule has 15 heteroatoms. The molecule has 1 N–H and O–H groups in total. The standard InChI is InChI=1S/C21H22N4O5.C16H19N3O3/c1-10-9-25-15-5-4-13(19-22-12(3)24-30-19)6-14(15)8-21(18(25)11(2)29-10)16(26)7-17(27)23-20(21)28;1-10-7-19(8-11(2)21-10)15-5-4-13(6-14(15)9-20)16-17-12(3)18-22-16/h4-6,10-11,18H,7-9H2,1-3H3,(H,23,27,28);4-6,9-11H,7-8H2,1-3H3/t10-,11+,18-,21-;/m1./s1. The number of nitrogens with zero attached hydrogens (tertiary/aromatic N) is 6. The average molecular weight is 712 g/mol. The number of carbonyl (C=O) groups is 4. The van der Waals surface area contributed by atoms with Gasteiger partial charge >= 0.3 is 0 Å². The van der Waals surface area contributed by atoms with Crippen LogP contribution >= 0.6 is 0 Å². The van der Waals surface area contributed by atoms with Crippen LogP contribution in [0.3, 0.4) is 0 Å². The van der Waals surface area contributed by atoms with Crippen LogP contribution in [0, 0.1) is 19.3 Å². The van der Waals surface area contributed by atoms with Gasteiger partial charge in [0.2, 0.25) is 11.8 Å². The molecule has 2 amide bonds. The SMILES string of the molecule is Cc1noc(-c2ccc(N3CC(C)OC(C)C3)c(C=O)c2)n1.Cc1noc(-c2ccc3c(c2)C[C@@]2(C(=O)CC(=O)NC2=O)[C@H]2[C@H](C)O[C@H](C)CN32)n1. The van der Waals surface area contributed by atoms with Crippen molar-refractivity contribution < 1.29 is 37.7 Å². The maximum atomic E-state index is 13.2. The van der Waals surface area contributed by atoms with Gasteiger partial charge in [-0.1, -0.05) is 10.3 Å². The summed E-state index contributed by atoms with van der Waals surface area (Å²) in [4.78, 5) is 62.5. The molecule has 1 spiro atoms. The first-order chi connectivity index (χ1) is 24.9. The van der Waals surface area contributed by atoms with Crippen LogP contribution < -0.4 is 15.1 Å². The van der Waals surface area contributed by atoms with Crippen LogP contribution in [0.15, 0.2) is 45.4 Å². The van der Waals surface area contributed by atoms with Crippen LogP contribution in [0.4, 0.5) is 11.4 Å². The molecular weight excluding hydrogens is 670 g/mol. The summed E-state index contributed by atoms with van der Waals surface area (Å²) >= 11 is 0. The molecular formula is C37H41N7O8. The van der Waals surface area contributed by atoms with E-state index in [2.05, 4.69) is 35.4 Å². The Morgan fingerprint density at radius 3 is 1.98 bits per heavy atom. The van der Waals surface area contributed by atoms with Crippen molar-refractivity contribution in [2.45, 2.75) is 84.8 Å². The summed E-state index contributed by atoms with van der Waals surface area (Å²) in [7, 11) is 0. The highest BCUT2D eigenvalue weighted by atomic mass is 16.5. The molecule has 3 saturated heterocycles. The van der Waals surface area contributed by atoms with E-state index in [0.29, 0.717) is 35.5 Å². The van der Waals surface area contributed by atoms with E-state index in [1.807, 2.05) is 58.0 Å². The van der Waals surface area contributed by atoms with Gasteiger partial charge in [0.05, 0.1) is 36.9 Å². The summed E-state index contributed by atoms with van der Waals surface area (Å²) in [6.07, 6.45) is 0.597. The van der Waals surface area contributed by atoms with Gasteiger partial charge in [0.15, 0.2) is 23.7 Å². The van der Waals surface area contributed by atoms with Gasteiger partial charge in [-0.05, 0) is 89.9 Å². The zero-order valence-corrected chi connectivity index (χ0v) is 29.9. The van der Waals surface area contributed by atoms with E-state index in [1.54, 1.807) is 19.9 Å². The minimum atomic E-state index is -1.39. The molecule has 8 rings (SSSR count). The van der Waals surface area contributed by atoms with Crippen molar-refractivity contribution in [2.24, 2.45) is 5.41 Å². The minimum Gasteiger partial charge on any atom is -0.372 e. The summed E-state index contributed by atoms with van der Waals surface area (Å²) in [5, 5.41) is 10.0. The fourth-order valence-corrected chi connectivity index (χ4v) is 8.05. The van der Waals surface area contributed by atoms with Gasteiger partial charge in [0.1, 0.15) is 5.41 Å². The van der Waals surface area contributed by atoms with Crippen molar-refractivity contribution in [1.29, 1.82) is 0 Å². The summed E-state index contributed by atoms with van der Waals surface area (Å²) < 4.78 is 22.2. The first-order valence-electron chi connectivity index (χ1n) is 17.4. The molecule has 4 aliphatic rings. The third-order valence-electron chi connectivity index (χ3n) is 9.98. The Morgan fingerprint density at radius 1 is 0.808 bits per heavy atom. The molecule has 0 radical (unpaired) electrons. The molecule has 6 heterocycles. The molecule has 0 bridgehead atoms. The van der Waals surface area contributed by atoms with Crippen LogP contribution in [-0.4, -0.2) is 94.3 Å². The first kappa shape index (κ1) is 35.1. The zero-order chi connectivity index (χ0) is 36.9. The largest absolute Gasteiger partial charge is 0.372 e. The second kappa shape index (κ2) is 13.7. The van der Waals surface area contributed by atoms with Crippen molar-refractivity contribution in [1.82, 2.24) is 25.6 Å². The smallest absolute Gasteiger partial charge is 0.257 e. The number of morpholine rings is 2. The van der Waals surface area contributed by atoms with Gasteiger partial charge in [-0.25, -0.2) is 0 Å². The monoisotopic (exact) mass is 711 g/mol. The van der Waals surface area contributed by atoms with Gasteiger partial charge in [-0.2, -0.15) is 9.97 Å². The normalized spacial score (nSPS) is 27.0. The Kier molecular flexibility index (Phi) is 9.25. The van der Waals surface area contributed by atoms with Crippen LogP contribution in [0.5, 0.6) is 0 Å². The van der Waals surface area contributed by atoms with E-state index in [0.717, 1.165) is 47.4 Å². The molecule has 52 heavy (non-hydrogen) atoms. The number of aldehydes is 1. The van der Waals surface area contributed by atoms with Crippen molar-refractivity contribution in [3.8, 4) is 22.9 Å². The number of hydrogen-bond acceptors (Lipinski definition) is 14.